The number of pyridine rings is 1. The highest BCUT2D eigenvalue weighted by atomic mass is 79.9. The number of nitrogens with one attached hydrogen (secondary N) is 2. The number of amides is 1. The lowest BCUT2D eigenvalue weighted by Crippen LogP contribution is -2.31. The average molecular weight is 270 g/mol. The van der Waals surface area contributed by atoms with Gasteiger partial charge in [0.1, 0.15) is 0 Å². The van der Waals surface area contributed by atoms with E-state index < -0.39 is 0 Å². The second-order valence-electron chi connectivity index (χ2n) is 3.54. The third-order valence-electron chi connectivity index (χ3n) is 2.40. The van der Waals surface area contributed by atoms with E-state index in [0.29, 0.717) is 6.42 Å². The quantitative estimate of drug-likeness (QED) is 0.875. The SMILES string of the molecule is O=C1CCC(CNc2ccncc2Br)N1. The van der Waals surface area contributed by atoms with Crippen molar-refractivity contribution in [3.8, 4) is 0 Å². The van der Waals surface area contributed by atoms with Crippen molar-refractivity contribution in [2.45, 2.75) is 18.9 Å². The van der Waals surface area contributed by atoms with E-state index in [4.69, 9.17) is 0 Å². The molecule has 0 saturated carbocycles. The molecule has 0 radical (unpaired) electrons. The van der Waals surface area contributed by atoms with Gasteiger partial charge in [-0.25, -0.2) is 0 Å². The van der Waals surface area contributed by atoms with Gasteiger partial charge in [-0.05, 0) is 28.4 Å². The van der Waals surface area contributed by atoms with Gasteiger partial charge >= 0.3 is 0 Å². The maximum atomic E-state index is 11.0. The van der Waals surface area contributed by atoms with Crippen molar-refractivity contribution in [1.29, 1.82) is 0 Å². The van der Waals surface area contributed by atoms with Crippen LogP contribution in [-0.2, 0) is 4.79 Å². The number of hydrogen-bond acceptors (Lipinski definition) is 3. The second kappa shape index (κ2) is 4.61. The van der Waals surface area contributed by atoms with Crippen molar-refractivity contribution in [3.05, 3.63) is 22.9 Å². The lowest BCUT2D eigenvalue weighted by Gasteiger charge is -2.13. The molecule has 1 aliphatic heterocycles. The molecule has 1 atom stereocenters. The molecule has 2 N–H and O–H groups in total. The molecule has 0 spiro atoms. The van der Waals surface area contributed by atoms with E-state index in [9.17, 15) is 4.79 Å². The summed E-state index contributed by atoms with van der Waals surface area (Å²) in [6.45, 7) is 0.758. The van der Waals surface area contributed by atoms with Crippen LogP contribution in [0.5, 0.6) is 0 Å². The van der Waals surface area contributed by atoms with E-state index in [1.165, 1.54) is 0 Å². The number of carbonyl (C=O) groups excluding carboxylic acids is 1. The van der Waals surface area contributed by atoms with E-state index in [1.54, 1.807) is 12.4 Å². The first-order chi connectivity index (χ1) is 7.25. The van der Waals surface area contributed by atoms with Crippen LogP contribution >= 0.6 is 15.9 Å². The Balaban J connectivity index is 1.88. The molecule has 0 aliphatic carbocycles. The van der Waals surface area contributed by atoms with Crippen LogP contribution in [-0.4, -0.2) is 23.5 Å². The number of rotatable bonds is 3. The van der Waals surface area contributed by atoms with Crippen molar-refractivity contribution < 1.29 is 4.79 Å². The molecule has 80 valence electrons. The van der Waals surface area contributed by atoms with Crippen molar-refractivity contribution in [1.82, 2.24) is 10.3 Å². The van der Waals surface area contributed by atoms with E-state index in [0.717, 1.165) is 23.1 Å². The molecular weight excluding hydrogens is 258 g/mol. The van der Waals surface area contributed by atoms with Crippen LogP contribution in [0.2, 0.25) is 0 Å². The van der Waals surface area contributed by atoms with Crippen LogP contribution < -0.4 is 10.6 Å². The van der Waals surface area contributed by atoms with Gasteiger partial charge in [0.05, 0.1) is 10.2 Å². The van der Waals surface area contributed by atoms with E-state index >= 15 is 0 Å². The first-order valence-electron chi connectivity index (χ1n) is 4.88. The summed E-state index contributed by atoms with van der Waals surface area (Å²) in [7, 11) is 0. The lowest BCUT2D eigenvalue weighted by atomic mass is 10.2. The zero-order valence-corrected chi connectivity index (χ0v) is 9.75. The minimum Gasteiger partial charge on any atom is -0.382 e. The van der Waals surface area contributed by atoms with Gasteiger partial charge in [-0.15, -0.1) is 0 Å². The summed E-state index contributed by atoms with van der Waals surface area (Å²) in [4.78, 5) is 15.0. The molecule has 4 nitrogen and oxygen atoms in total. The fourth-order valence-corrected chi connectivity index (χ4v) is 1.97. The summed E-state index contributed by atoms with van der Waals surface area (Å²) in [6, 6.07) is 2.15. The van der Waals surface area contributed by atoms with Crippen LogP contribution in [0.1, 0.15) is 12.8 Å². The number of halogens is 1. The van der Waals surface area contributed by atoms with Crippen molar-refractivity contribution in [2.75, 3.05) is 11.9 Å². The smallest absolute Gasteiger partial charge is 0.220 e. The number of aromatic nitrogens is 1. The number of hydrogen-bond donors (Lipinski definition) is 2. The van der Waals surface area contributed by atoms with Gasteiger partial charge in [-0.2, -0.15) is 0 Å². The van der Waals surface area contributed by atoms with E-state index in [1.807, 2.05) is 6.07 Å². The van der Waals surface area contributed by atoms with Gasteiger partial charge in [0, 0.05) is 31.4 Å². The van der Waals surface area contributed by atoms with Crippen molar-refractivity contribution in [2.24, 2.45) is 0 Å². The predicted octanol–water partition coefficient (Wildman–Crippen LogP) is 1.53. The molecule has 0 aromatic carbocycles. The highest BCUT2D eigenvalue weighted by Crippen LogP contribution is 2.20. The molecule has 2 rings (SSSR count). The van der Waals surface area contributed by atoms with Crippen LogP contribution in [0, 0.1) is 0 Å². The summed E-state index contributed by atoms with van der Waals surface area (Å²) in [5.74, 6) is 0.149. The van der Waals surface area contributed by atoms with Gasteiger partial charge in [-0.1, -0.05) is 0 Å². The van der Waals surface area contributed by atoms with Crippen LogP contribution in [0.4, 0.5) is 5.69 Å². The zero-order chi connectivity index (χ0) is 10.7. The third-order valence-corrected chi connectivity index (χ3v) is 3.03. The van der Waals surface area contributed by atoms with Crippen LogP contribution in [0.3, 0.4) is 0 Å². The average Bonchev–Trinajstić information content (AvgIpc) is 2.63. The second-order valence-corrected chi connectivity index (χ2v) is 4.39. The minimum absolute atomic E-state index is 0.149. The Morgan fingerprint density at radius 1 is 1.67 bits per heavy atom. The summed E-state index contributed by atoms with van der Waals surface area (Å²) >= 11 is 3.41. The topological polar surface area (TPSA) is 54.0 Å². The third kappa shape index (κ3) is 2.68. The van der Waals surface area contributed by atoms with Gasteiger partial charge in [0.2, 0.25) is 5.91 Å². The first kappa shape index (κ1) is 10.4. The molecule has 0 bridgehead atoms. The summed E-state index contributed by atoms with van der Waals surface area (Å²) < 4.78 is 0.939. The molecule has 1 aliphatic rings. The van der Waals surface area contributed by atoms with Gasteiger partial charge in [-0.3, -0.25) is 9.78 Å². The largest absolute Gasteiger partial charge is 0.382 e. The molecule has 1 saturated heterocycles. The van der Waals surface area contributed by atoms with Crippen molar-refractivity contribution in [3.63, 3.8) is 0 Å². The monoisotopic (exact) mass is 269 g/mol. The van der Waals surface area contributed by atoms with Gasteiger partial charge in [0.25, 0.3) is 0 Å². The predicted molar refractivity (Wildman–Crippen MR) is 61.6 cm³/mol. The Morgan fingerprint density at radius 3 is 3.20 bits per heavy atom. The molecule has 1 aromatic rings. The number of nitrogens with zero attached hydrogens (tertiary/aromatic N) is 1. The molecule has 5 heteroatoms. The molecule has 2 heterocycles. The Morgan fingerprint density at radius 2 is 2.53 bits per heavy atom. The fraction of sp³-hybridized carbons (Fsp3) is 0.400. The Hall–Kier alpha value is -1.10. The molecule has 15 heavy (non-hydrogen) atoms. The van der Waals surface area contributed by atoms with E-state index in [2.05, 4.69) is 31.5 Å². The normalized spacial score (nSPS) is 20.1. The van der Waals surface area contributed by atoms with Crippen molar-refractivity contribution >= 4 is 27.5 Å². The number of carbonyl (C=O) groups is 1. The summed E-state index contributed by atoms with van der Waals surface area (Å²) in [6.07, 6.45) is 5.04. The van der Waals surface area contributed by atoms with Crippen LogP contribution in [0.25, 0.3) is 0 Å². The Kier molecular flexibility index (Phi) is 3.20. The fourth-order valence-electron chi connectivity index (χ4n) is 1.58. The highest BCUT2D eigenvalue weighted by molar-refractivity contribution is 9.10. The first-order valence-corrected chi connectivity index (χ1v) is 5.68. The molecule has 1 unspecified atom stereocenters. The molecule has 1 fully saturated rings. The zero-order valence-electron chi connectivity index (χ0n) is 8.16. The highest BCUT2D eigenvalue weighted by Gasteiger charge is 2.20. The number of anilines is 1. The lowest BCUT2D eigenvalue weighted by molar-refractivity contribution is -0.119. The summed E-state index contributed by atoms with van der Waals surface area (Å²) in [5.41, 5.74) is 1.01. The van der Waals surface area contributed by atoms with Crippen LogP contribution in [0.15, 0.2) is 22.9 Å². The maximum absolute atomic E-state index is 11.0. The van der Waals surface area contributed by atoms with E-state index in [-0.39, 0.29) is 11.9 Å². The van der Waals surface area contributed by atoms with Gasteiger partial charge in [0.15, 0.2) is 0 Å². The Bertz CT molecular complexity index is 369. The van der Waals surface area contributed by atoms with Gasteiger partial charge < -0.3 is 10.6 Å². The maximum Gasteiger partial charge on any atom is 0.220 e. The molecular formula is C10H12BrN3O. The molecule has 1 amide bonds. The summed E-state index contributed by atoms with van der Waals surface area (Å²) in [5, 5.41) is 6.19. The molecule has 1 aromatic heterocycles. The Labute approximate surface area is 96.6 Å². The standard InChI is InChI=1S/C10H12BrN3O/c11-8-6-12-4-3-9(8)13-5-7-1-2-10(15)14-7/h3-4,6-7H,1-2,5H2,(H,12,13)(H,14,15). The minimum atomic E-state index is 0.149.